The third kappa shape index (κ3) is 1.72. The lowest BCUT2D eigenvalue weighted by Crippen LogP contribution is -2.25. The van der Waals surface area contributed by atoms with E-state index < -0.39 is 5.92 Å². The minimum Gasteiger partial charge on any atom is -0.506 e. The molecular weight excluding hydrogens is 302 g/mol. The summed E-state index contributed by atoms with van der Waals surface area (Å²) >= 11 is 0. The van der Waals surface area contributed by atoms with Gasteiger partial charge in [-0.05, 0) is 18.6 Å². The van der Waals surface area contributed by atoms with E-state index in [9.17, 15) is 9.90 Å². The fourth-order valence-corrected chi connectivity index (χ4v) is 3.80. The number of aromatic hydroxyl groups is 1. The van der Waals surface area contributed by atoms with Crippen LogP contribution in [0.4, 0.5) is 0 Å². The van der Waals surface area contributed by atoms with Crippen LogP contribution >= 0.6 is 0 Å². The van der Waals surface area contributed by atoms with E-state index in [1.54, 1.807) is 0 Å². The van der Waals surface area contributed by atoms with Crippen molar-refractivity contribution in [3.05, 3.63) is 70.9 Å². The number of epoxide rings is 1. The summed E-state index contributed by atoms with van der Waals surface area (Å²) in [5.41, 5.74) is 3.58. The van der Waals surface area contributed by atoms with E-state index in [0.717, 1.165) is 22.0 Å². The van der Waals surface area contributed by atoms with Crippen LogP contribution in [0.5, 0.6) is 5.75 Å². The van der Waals surface area contributed by atoms with Gasteiger partial charge in [0.2, 0.25) is 0 Å². The third-order valence-electron chi connectivity index (χ3n) is 5.11. The van der Waals surface area contributed by atoms with Gasteiger partial charge >= 0.3 is 0 Å². The highest BCUT2D eigenvalue weighted by Crippen LogP contribution is 2.54. The highest BCUT2D eigenvalue weighted by molar-refractivity contribution is 6.05. The summed E-state index contributed by atoms with van der Waals surface area (Å²) in [6.45, 7) is 1.86. The maximum atomic E-state index is 13.0. The molecule has 2 aromatic carbocycles. The van der Waals surface area contributed by atoms with Crippen LogP contribution in [0.3, 0.4) is 0 Å². The van der Waals surface area contributed by atoms with E-state index >= 15 is 0 Å². The molecule has 2 aliphatic rings. The molecule has 0 amide bonds. The Balaban J connectivity index is 1.72. The van der Waals surface area contributed by atoms with Crippen LogP contribution in [-0.4, -0.2) is 22.0 Å². The van der Waals surface area contributed by atoms with Gasteiger partial charge in [-0.2, -0.15) is 0 Å². The molecule has 1 aromatic heterocycles. The Morgan fingerprint density at radius 3 is 2.71 bits per heavy atom. The average Bonchev–Trinajstić information content (AvgIpc) is 3.40. The topological polar surface area (TPSA) is 62.7 Å². The van der Waals surface area contributed by atoms with E-state index in [1.807, 2.05) is 55.5 Å². The van der Waals surface area contributed by atoms with Crippen LogP contribution in [0.15, 0.2) is 48.5 Å². The van der Waals surface area contributed by atoms with Crippen molar-refractivity contribution < 1.29 is 14.6 Å². The van der Waals surface area contributed by atoms with Gasteiger partial charge in [-0.15, -0.1) is 0 Å². The standard InChI is InChI=1S/C20H15NO3/c1-10-11-6-4-5-9-14(11)21-16(17(10)22)15-18(23)12-7-2-3-8-13(12)19-20(15)24-19/h2-9,15,19-20,22H,1H3. The molecular formula is C20H15NO3. The summed E-state index contributed by atoms with van der Waals surface area (Å²) in [7, 11) is 0. The minimum absolute atomic E-state index is 0.0261. The lowest BCUT2D eigenvalue weighted by molar-refractivity contribution is 0.0939. The summed E-state index contributed by atoms with van der Waals surface area (Å²) in [6, 6.07) is 15.2. The first-order chi connectivity index (χ1) is 11.7. The van der Waals surface area contributed by atoms with Crippen LogP contribution < -0.4 is 0 Å². The fourth-order valence-electron chi connectivity index (χ4n) is 3.80. The molecule has 1 N–H and O–H groups in total. The number of ketones is 1. The number of para-hydroxylation sites is 1. The van der Waals surface area contributed by atoms with Crippen molar-refractivity contribution in [3.8, 4) is 5.75 Å². The number of aromatic nitrogens is 1. The molecule has 24 heavy (non-hydrogen) atoms. The Morgan fingerprint density at radius 2 is 1.83 bits per heavy atom. The molecule has 4 heteroatoms. The predicted octanol–water partition coefficient (Wildman–Crippen LogP) is 3.67. The molecule has 1 aliphatic heterocycles. The smallest absolute Gasteiger partial charge is 0.175 e. The molecule has 1 saturated heterocycles. The van der Waals surface area contributed by atoms with Crippen LogP contribution in [0.1, 0.15) is 39.2 Å². The van der Waals surface area contributed by atoms with Gasteiger partial charge in [-0.1, -0.05) is 42.5 Å². The Bertz CT molecular complexity index is 1010. The number of nitrogens with zero attached hydrogens (tertiary/aromatic N) is 1. The van der Waals surface area contributed by atoms with Gasteiger partial charge < -0.3 is 9.84 Å². The third-order valence-corrected chi connectivity index (χ3v) is 5.11. The monoisotopic (exact) mass is 317 g/mol. The molecule has 2 heterocycles. The van der Waals surface area contributed by atoms with Gasteiger partial charge in [-0.3, -0.25) is 4.79 Å². The molecule has 4 nitrogen and oxygen atoms in total. The average molecular weight is 317 g/mol. The summed E-state index contributed by atoms with van der Waals surface area (Å²) < 4.78 is 5.78. The lowest BCUT2D eigenvalue weighted by atomic mass is 9.80. The molecule has 3 aromatic rings. The molecule has 0 radical (unpaired) electrons. The minimum atomic E-state index is -0.548. The van der Waals surface area contributed by atoms with Crippen molar-refractivity contribution in [2.24, 2.45) is 0 Å². The van der Waals surface area contributed by atoms with E-state index in [0.29, 0.717) is 11.3 Å². The molecule has 0 spiro atoms. The second-order valence-electron chi connectivity index (χ2n) is 6.44. The number of hydrogen-bond acceptors (Lipinski definition) is 4. The Hall–Kier alpha value is -2.72. The maximum absolute atomic E-state index is 13.0. The zero-order chi connectivity index (χ0) is 16.4. The number of Topliss-reactive ketones (excluding diaryl/α,β-unsaturated/α-hetero) is 1. The van der Waals surface area contributed by atoms with Gasteiger partial charge in [0.05, 0.1) is 17.1 Å². The van der Waals surface area contributed by atoms with E-state index in [2.05, 4.69) is 4.98 Å². The largest absolute Gasteiger partial charge is 0.506 e. The maximum Gasteiger partial charge on any atom is 0.175 e. The van der Waals surface area contributed by atoms with Crippen molar-refractivity contribution in [2.45, 2.75) is 25.0 Å². The molecule has 5 rings (SSSR count). The molecule has 118 valence electrons. The van der Waals surface area contributed by atoms with Crippen LogP contribution in [0.2, 0.25) is 0 Å². The number of hydrogen-bond donors (Lipinski definition) is 1. The van der Waals surface area contributed by atoms with Gasteiger partial charge in [0.25, 0.3) is 0 Å². The highest BCUT2D eigenvalue weighted by Gasteiger charge is 2.56. The number of fused-ring (bicyclic) bond motifs is 4. The van der Waals surface area contributed by atoms with Crippen molar-refractivity contribution in [3.63, 3.8) is 0 Å². The van der Waals surface area contributed by atoms with Crippen molar-refractivity contribution in [1.29, 1.82) is 0 Å². The normalized spacial score (nSPS) is 24.5. The van der Waals surface area contributed by atoms with Crippen molar-refractivity contribution in [1.82, 2.24) is 4.98 Å². The second-order valence-corrected chi connectivity index (χ2v) is 6.44. The number of carbonyl (C=O) groups is 1. The number of benzene rings is 2. The Kier molecular flexibility index (Phi) is 2.65. The van der Waals surface area contributed by atoms with Gasteiger partial charge in [-0.25, -0.2) is 4.98 Å². The van der Waals surface area contributed by atoms with Crippen LogP contribution in [-0.2, 0) is 4.74 Å². The summed E-state index contributed by atoms with van der Waals surface area (Å²) in [6.07, 6.45) is -0.303. The van der Waals surface area contributed by atoms with E-state index in [4.69, 9.17) is 4.74 Å². The van der Waals surface area contributed by atoms with E-state index in [-0.39, 0.29) is 23.7 Å². The van der Waals surface area contributed by atoms with Gasteiger partial charge in [0, 0.05) is 16.5 Å². The van der Waals surface area contributed by atoms with Crippen LogP contribution in [0, 0.1) is 6.92 Å². The van der Waals surface area contributed by atoms with Gasteiger partial charge in [0.1, 0.15) is 18.0 Å². The zero-order valence-corrected chi connectivity index (χ0v) is 13.1. The number of ether oxygens (including phenoxy) is 1. The summed E-state index contributed by atoms with van der Waals surface area (Å²) in [5.74, 6) is -0.476. The Morgan fingerprint density at radius 1 is 1.08 bits per heavy atom. The number of rotatable bonds is 1. The SMILES string of the molecule is Cc1c(O)c(C2C(=O)c3ccccc3C3OC32)nc2ccccc12. The molecule has 1 fully saturated rings. The number of pyridine rings is 1. The number of carbonyl (C=O) groups excluding carboxylic acids is 1. The zero-order valence-electron chi connectivity index (χ0n) is 13.1. The first-order valence-electron chi connectivity index (χ1n) is 8.03. The Labute approximate surface area is 138 Å². The fraction of sp³-hybridized carbons (Fsp3) is 0.200. The quantitative estimate of drug-likeness (QED) is 0.696. The summed E-state index contributed by atoms with van der Waals surface area (Å²) in [4.78, 5) is 17.6. The van der Waals surface area contributed by atoms with Crippen LogP contribution in [0.25, 0.3) is 10.9 Å². The number of aryl methyl sites for hydroxylation is 1. The molecule has 0 bridgehead atoms. The van der Waals surface area contributed by atoms with Crippen molar-refractivity contribution >= 4 is 16.7 Å². The van der Waals surface area contributed by atoms with E-state index in [1.165, 1.54) is 0 Å². The molecule has 3 unspecified atom stereocenters. The summed E-state index contributed by atoms with van der Waals surface area (Å²) in [5, 5.41) is 11.6. The second kappa shape index (κ2) is 4.65. The highest BCUT2D eigenvalue weighted by atomic mass is 16.6. The predicted molar refractivity (Wildman–Crippen MR) is 89.3 cm³/mol. The molecule has 1 aliphatic carbocycles. The molecule has 3 atom stereocenters. The molecule has 0 saturated carbocycles. The van der Waals surface area contributed by atoms with Gasteiger partial charge in [0.15, 0.2) is 5.78 Å². The lowest BCUT2D eigenvalue weighted by Gasteiger charge is -2.21. The van der Waals surface area contributed by atoms with Crippen molar-refractivity contribution in [2.75, 3.05) is 0 Å². The first-order valence-corrected chi connectivity index (χ1v) is 8.03. The first kappa shape index (κ1) is 13.7.